The van der Waals surface area contributed by atoms with Gasteiger partial charge in [-0.15, -0.1) is 0 Å². The molecule has 0 atom stereocenters. The first-order valence-electron chi connectivity index (χ1n) is 16.3. The third kappa shape index (κ3) is 4.46. The molecule has 0 bridgehead atoms. The van der Waals surface area contributed by atoms with E-state index in [9.17, 15) is 0 Å². The molecule has 0 aliphatic rings. The van der Waals surface area contributed by atoms with Crippen LogP contribution in [-0.2, 0) is 0 Å². The number of nitrogens with zero attached hydrogens (tertiary/aromatic N) is 6. The Morgan fingerprint density at radius 2 is 1.02 bits per heavy atom. The molecule has 6 heteroatoms. The molecule has 0 spiro atoms. The Morgan fingerprint density at radius 3 is 1.73 bits per heavy atom. The van der Waals surface area contributed by atoms with Gasteiger partial charge in [0.1, 0.15) is 5.65 Å². The number of hydrogen-bond donors (Lipinski definition) is 0. The van der Waals surface area contributed by atoms with Gasteiger partial charge >= 0.3 is 0 Å². The minimum absolute atomic E-state index is 0.637. The van der Waals surface area contributed by atoms with Crippen LogP contribution in [0.25, 0.3) is 94.5 Å². The van der Waals surface area contributed by atoms with E-state index in [0.717, 1.165) is 77.1 Å². The molecule has 0 radical (unpaired) electrons. The van der Waals surface area contributed by atoms with Crippen molar-refractivity contribution in [3.8, 4) is 45.3 Å². The van der Waals surface area contributed by atoms with Crippen LogP contribution in [0.15, 0.2) is 158 Å². The summed E-state index contributed by atoms with van der Waals surface area (Å²) in [6.45, 7) is 0. The fourth-order valence-electron chi connectivity index (χ4n) is 6.91. The molecule has 228 valence electrons. The second kappa shape index (κ2) is 10.9. The standard InChI is InChI=1S/C43H26N6/c1-3-10-29(11-4-1)40-46-41(30-12-5-2-6-13-30)48-42(47-40)31-19-17-27(18-20-31)32-22-24-36-34(26-32)33-23-21-28-14-9-25-44-39(28)38(33)43-45-35-15-7-8-16-37(35)49(36)43/h1-26H. The van der Waals surface area contributed by atoms with E-state index in [1.165, 1.54) is 0 Å². The summed E-state index contributed by atoms with van der Waals surface area (Å²) in [5.41, 5.74) is 10.1. The van der Waals surface area contributed by atoms with E-state index in [1.54, 1.807) is 0 Å². The van der Waals surface area contributed by atoms with Crippen LogP contribution in [0.2, 0.25) is 0 Å². The molecule has 0 aliphatic heterocycles. The van der Waals surface area contributed by atoms with Crippen molar-refractivity contribution in [3.63, 3.8) is 0 Å². The van der Waals surface area contributed by atoms with Crippen LogP contribution in [0.5, 0.6) is 0 Å². The molecule has 0 N–H and O–H groups in total. The van der Waals surface area contributed by atoms with Crippen LogP contribution >= 0.6 is 0 Å². The molecule has 0 fully saturated rings. The van der Waals surface area contributed by atoms with E-state index in [-0.39, 0.29) is 0 Å². The molecule has 49 heavy (non-hydrogen) atoms. The maximum atomic E-state index is 5.12. The summed E-state index contributed by atoms with van der Waals surface area (Å²) in [6.07, 6.45) is 1.86. The van der Waals surface area contributed by atoms with Crippen LogP contribution in [-0.4, -0.2) is 29.3 Å². The topological polar surface area (TPSA) is 68.9 Å². The Hall–Kier alpha value is -6.79. The van der Waals surface area contributed by atoms with Crippen molar-refractivity contribution in [2.75, 3.05) is 0 Å². The van der Waals surface area contributed by atoms with Gasteiger partial charge in [-0.2, -0.15) is 0 Å². The second-order valence-electron chi connectivity index (χ2n) is 12.2. The number of pyridine rings is 2. The summed E-state index contributed by atoms with van der Waals surface area (Å²) in [5, 5.41) is 4.44. The highest BCUT2D eigenvalue weighted by Crippen LogP contribution is 2.38. The Labute approximate surface area is 281 Å². The minimum atomic E-state index is 0.637. The highest BCUT2D eigenvalue weighted by atomic mass is 15.0. The highest BCUT2D eigenvalue weighted by molar-refractivity contribution is 6.22. The molecule has 10 aromatic rings. The molecule has 0 unspecified atom stereocenters. The monoisotopic (exact) mass is 626 g/mol. The van der Waals surface area contributed by atoms with E-state index < -0.39 is 0 Å². The van der Waals surface area contributed by atoms with Crippen molar-refractivity contribution in [2.24, 2.45) is 0 Å². The van der Waals surface area contributed by atoms with Crippen molar-refractivity contribution < 1.29 is 0 Å². The van der Waals surface area contributed by atoms with Gasteiger partial charge in [-0.25, -0.2) is 19.9 Å². The first-order chi connectivity index (χ1) is 24.3. The number of fused-ring (bicyclic) bond motifs is 10. The van der Waals surface area contributed by atoms with Crippen LogP contribution < -0.4 is 0 Å². The van der Waals surface area contributed by atoms with Crippen LogP contribution in [0, 0.1) is 0 Å². The smallest absolute Gasteiger partial charge is 0.164 e. The normalized spacial score (nSPS) is 11.7. The average Bonchev–Trinajstić information content (AvgIpc) is 3.58. The summed E-state index contributed by atoms with van der Waals surface area (Å²) in [7, 11) is 0. The second-order valence-corrected chi connectivity index (χ2v) is 12.2. The van der Waals surface area contributed by atoms with Gasteiger partial charge in [0.25, 0.3) is 0 Å². The van der Waals surface area contributed by atoms with Gasteiger partial charge in [0.15, 0.2) is 17.5 Å². The van der Waals surface area contributed by atoms with E-state index in [0.29, 0.717) is 17.5 Å². The summed E-state index contributed by atoms with van der Waals surface area (Å²) < 4.78 is 2.28. The van der Waals surface area contributed by atoms with Crippen molar-refractivity contribution in [1.82, 2.24) is 29.3 Å². The number of rotatable bonds is 4. The molecule has 0 amide bonds. The summed E-state index contributed by atoms with van der Waals surface area (Å²) >= 11 is 0. The van der Waals surface area contributed by atoms with Gasteiger partial charge in [-0.05, 0) is 46.8 Å². The molecule has 0 aliphatic carbocycles. The fraction of sp³-hybridized carbons (Fsp3) is 0. The van der Waals surface area contributed by atoms with Crippen LogP contribution in [0.1, 0.15) is 0 Å². The van der Waals surface area contributed by atoms with Gasteiger partial charge in [0.05, 0.1) is 27.5 Å². The van der Waals surface area contributed by atoms with Crippen molar-refractivity contribution in [3.05, 3.63) is 158 Å². The van der Waals surface area contributed by atoms with Crippen molar-refractivity contribution in [2.45, 2.75) is 0 Å². The molecule has 10 rings (SSSR count). The largest absolute Gasteiger partial charge is 0.292 e. The molecule has 0 saturated carbocycles. The lowest BCUT2D eigenvalue weighted by molar-refractivity contribution is 1.07. The Bertz CT molecular complexity index is 2800. The minimum Gasteiger partial charge on any atom is -0.292 e. The molecular weight excluding hydrogens is 601 g/mol. The zero-order chi connectivity index (χ0) is 32.3. The van der Waals surface area contributed by atoms with Crippen molar-refractivity contribution in [1.29, 1.82) is 0 Å². The lowest BCUT2D eigenvalue weighted by atomic mass is 9.98. The van der Waals surface area contributed by atoms with Gasteiger partial charge in [0, 0.05) is 33.7 Å². The fourth-order valence-corrected chi connectivity index (χ4v) is 6.91. The lowest BCUT2D eigenvalue weighted by Crippen LogP contribution is -2.00. The van der Waals surface area contributed by atoms with E-state index in [1.807, 2.05) is 79.0 Å². The first-order valence-corrected chi connectivity index (χ1v) is 16.3. The predicted molar refractivity (Wildman–Crippen MR) is 198 cm³/mol. The van der Waals surface area contributed by atoms with E-state index >= 15 is 0 Å². The molecular formula is C43H26N6. The van der Waals surface area contributed by atoms with E-state index in [2.05, 4.69) is 83.3 Å². The predicted octanol–water partition coefficient (Wildman–Crippen LogP) is 10.2. The maximum absolute atomic E-state index is 5.12. The maximum Gasteiger partial charge on any atom is 0.164 e. The molecule has 6 nitrogen and oxygen atoms in total. The van der Waals surface area contributed by atoms with Gasteiger partial charge in [0.2, 0.25) is 0 Å². The van der Waals surface area contributed by atoms with Gasteiger partial charge in [-0.1, -0.05) is 121 Å². The number of aromatic nitrogens is 6. The van der Waals surface area contributed by atoms with Gasteiger partial charge in [-0.3, -0.25) is 9.38 Å². The number of hydrogen-bond acceptors (Lipinski definition) is 5. The lowest BCUT2D eigenvalue weighted by Gasteiger charge is -2.13. The Kier molecular flexibility index (Phi) is 6.08. The van der Waals surface area contributed by atoms with Crippen LogP contribution in [0.3, 0.4) is 0 Å². The third-order valence-electron chi connectivity index (χ3n) is 9.26. The third-order valence-corrected chi connectivity index (χ3v) is 9.26. The summed E-state index contributed by atoms with van der Waals surface area (Å²) in [4.78, 5) is 24.6. The molecule has 6 aromatic carbocycles. The number of benzene rings is 6. The molecule has 4 heterocycles. The Balaban J connectivity index is 1.13. The first kappa shape index (κ1) is 27.3. The van der Waals surface area contributed by atoms with Crippen molar-refractivity contribution >= 4 is 49.3 Å². The quantitative estimate of drug-likeness (QED) is 0.182. The number of imidazole rings is 1. The zero-order valence-electron chi connectivity index (χ0n) is 26.2. The molecule has 0 saturated heterocycles. The zero-order valence-corrected chi connectivity index (χ0v) is 26.2. The highest BCUT2D eigenvalue weighted by Gasteiger charge is 2.17. The summed E-state index contributed by atoms with van der Waals surface area (Å²) in [6, 6.07) is 52.1. The molecule has 4 aromatic heterocycles. The van der Waals surface area contributed by atoms with Gasteiger partial charge < -0.3 is 0 Å². The number of para-hydroxylation sites is 2. The SMILES string of the molecule is c1ccc(-c2nc(-c3ccccc3)nc(-c3ccc(-c4ccc5c(c4)c4ccc6cccnc6c4c4nc6ccccc6n54)cc3)n2)cc1. The van der Waals surface area contributed by atoms with E-state index in [4.69, 9.17) is 24.9 Å². The average molecular weight is 627 g/mol. The van der Waals surface area contributed by atoms with Crippen LogP contribution in [0.4, 0.5) is 0 Å². The Morgan fingerprint density at radius 1 is 0.408 bits per heavy atom. The summed E-state index contributed by atoms with van der Waals surface area (Å²) in [5.74, 6) is 1.93.